The molecule has 13 heteroatoms. The van der Waals surface area contributed by atoms with Gasteiger partial charge in [-0.15, -0.1) is 23.1 Å². The molecule has 0 saturated carbocycles. The fourth-order valence-corrected chi connectivity index (χ4v) is 4.18. The molecule has 0 aliphatic carbocycles. The van der Waals surface area contributed by atoms with Crippen LogP contribution in [-0.4, -0.2) is 62.5 Å². The molecular weight excluding hydrogens is 389 g/mol. The summed E-state index contributed by atoms with van der Waals surface area (Å²) in [6.45, 7) is -1.25. The molecule has 2 aliphatic heterocycles. The number of aliphatic carboxylic acids is 1. The highest BCUT2D eigenvalue weighted by molar-refractivity contribution is 8.00. The van der Waals surface area contributed by atoms with Gasteiger partial charge in [0.1, 0.15) is 22.8 Å². The summed E-state index contributed by atoms with van der Waals surface area (Å²) >= 11 is 2.35. The zero-order valence-electron chi connectivity index (χ0n) is 12.9. The number of nitrogens with two attached hydrogens (primary N) is 1. The van der Waals surface area contributed by atoms with Crippen LogP contribution in [0.5, 0.6) is 0 Å². The summed E-state index contributed by atoms with van der Waals surface area (Å²) in [5.41, 5.74) is 5.13. The number of carboxylic acid groups (broad SMARTS) is 1. The van der Waals surface area contributed by atoms with E-state index < -0.39 is 36.1 Å². The van der Waals surface area contributed by atoms with Crippen LogP contribution >= 0.6 is 23.1 Å². The molecule has 1 fully saturated rings. The van der Waals surface area contributed by atoms with Crippen molar-refractivity contribution in [2.75, 3.05) is 18.3 Å². The number of β-lactam (4-membered cyclic amide) rings is 1. The number of carboxylic acids is 1. The number of carbonyl (C=O) groups excluding carboxylic acids is 2. The second-order valence-electron chi connectivity index (χ2n) is 5.03. The fourth-order valence-electron chi connectivity index (χ4n) is 2.44. The van der Waals surface area contributed by atoms with E-state index in [1.54, 1.807) is 0 Å². The number of hydrogen-bond donors (Lipinski definition) is 3. The van der Waals surface area contributed by atoms with Crippen molar-refractivity contribution in [1.29, 1.82) is 0 Å². The number of aromatic nitrogens is 1. The molecule has 138 valence electrons. The van der Waals surface area contributed by atoms with Crippen LogP contribution in [0.15, 0.2) is 22.3 Å². The number of fused-ring (bicyclic) bond motifs is 1. The number of nitrogens with zero attached hydrogens (tertiary/aromatic N) is 3. The number of rotatable bonds is 6. The number of nitrogen functional groups attached to an aromatic ring is 1. The Labute approximate surface area is 153 Å². The van der Waals surface area contributed by atoms with E-state index in [0.717, 1.165) is 16.2 Å². The lowest BCUT2D eigenvalue weighted by molar-refractivity contribution is -0.150. The zero-order valence-corrected chi connectivity index (χ0v) is 14.6. The molecule has 1 aromatic rings. The first kappa shape index (κ1) is 18.1. The van der Waals surface area contributed by atoms with Crippen molar-refractivity contribution < 1.29 is 28.7 Å². The summed E-state index contributed by atoms with van der Waals surface area (Å²) in [5.74, 6) is -2.21. The summed E-state index contributed by atoms with van der Waals surface area (Å²) in [6.07, 6.45) is 1.43. The summed E-state index contributed by atoms with van der Waals surface area (Å²) in [4.78, 5) is 45.2. The van der Waals surface area contributed by atoms with Crippen molar-refractivity contribution in [3.63, 3.8) is 0 Å². The second-order valence-corrected chi connectivity index (χ2v) is 7.07. The number of oxime groups is 1. The molecule has 1 saturated heterocycles. The maximum Gasteiger partial charge on any atom is 0.352 e. The van der Waals surface area contributed by atoms with E-state index in [2.05, 4.69) is 20.3 Å². The van der Waals surface area contributed by atoms with E-state index in [9.17, 15) is 18.8 Å². The van der Waals surface area contributed by atoms with Gasteiger partial charge in [-0.2, -0.15) is 0 Å². The summed E-state index contributed by atoms with van der Waals surface area (Å²) in [5, 5.41) is 16.0. The van der Waals surface area contributed by atoms with Crippen molar-refractivity contribution in [2.45, 2.75) is 11.4 Å². The van der Waals surface area contributed by atoms with Crippen LogP contribution in [-0.2, 0) is 19.2 Å². The zero-order chi connectivity index (χ0) is 18.8. The number of alkyl halides is 1. The third-order valence-electron chi connectivity index (χ3n) is 3.54. The van der Waals surface area contributed by atoms with Crippen LogP contribution < -0.4 is 11.1 Å². The average molecular weight is 401 g/mol. The molecule has 0 unspecified atom stereocenters. The minimum Gasteiger partial charge on any atom is -0.477 e. The molecule has 10 nitrogen and oxygen atoms in total. The van der Waals surface area contributed by atoms with Gasteiger partial charge < -0.3 is 21.0 Å². The highest BCUT2D eigenvalue weighted by Gasteiger charge is 2.53. The molecule has 0 aromatic carbocycles. The number of hydrogen-bond acceptors (Lipinski definition) is 9. The first-order valence-electron chi connectivity index (χ1n) is 7.10. The van der Waals surface area contributed by atoms with Crippen LogP contribution in [0.3, 0.4) is 0 Å². The van der Waals surface area contributed by atoms with Crippen molar-refractivity contribution in [3.8, 4) is 0 Å². The van der Waals surface area contributed by atoms with Crippen LogP contribution in [0.1, 0.15) is 5.69 Å². The minimum absolute atomic E-state index is 0.0736. The number of amides is 2. The lowest BCUT2D eigenvalue weighted by Crippen LogP contribution is -2.70. The van der Waals surface area contributed by atoms with Crippen LogP contribution in [0.25, 0.3) is 0 Å². The van der Waals surface area contributed by atoms with Crippen LogP contribution in [0.2, 0.25) is 0 Å². The van der Waals surface area contributed by atoms with Gasteiger partial charge in [-0.1, -0.05) is 5.16 Å². The average Bonchev–Trinajstić information content (AvgIpc) is 3.05. The number of anilines is 1. The quantitative estimate of drug-likeness (QED) is 0.336. The Balaban J connectivity index is 1.76. The third kappa shape index (κ3) is 3.22. The van der Waals surface area contributed by atoms with E-state index in [-0.39, 0.29) is 22.2 Å². The van der Waals surface area contributed by atoms with Gasteiger partial charge in [-0.25, -0.2) is 14.2 Å². The van der Waals surface area contributed by atoms with E-state index in [1.165, 1.54) is 23.2 Å². The number of thiazole rings is 1. The lowest BCUT2D eigenvalue weighted by Gasteiger charge is -2.48. The molecule has 3 rings (SSSR count). The van der Waals surface area contributed by atoms with Crippen LogP contribution in [0.4, 0.5) is 9.52 Å². The molecule has 2 aliphatic rings. The first-order chi connectivity index (χ1) is 12.4. The van der Waals surface area contributed by atoms with Gasteiger partial charge in [0, 0.05) is 11.1 Å². The molecule has 0 spiro atoms. The number of carbonyl (C=O) groups is 3. The van der Waals surface area contributed by atoms with E-state index in [4.69, 9.17) is 10.8 Å². The Morgan fingerprint density at radius 1 is 1.58 bits per heavy atom. The number of thioether (sulfide) groups is 1. The van der Waals surface area contributed by atoms with Crippen molar-refractivity contribution in [1.82, 2.24) is 15.2 Å². The van der Waals surface area contributed by atoms with Gasteiger partial charge >= 0.3 is 5.97 Å². The molecular formula is C13H12FN5O5S2. The van der Waals surface area contributed by atoms with Crippen molar-refractivity contribution in [2.24, 2.45) is 5.16 Å². The van der Waals surface area contributed by atoms with Gasteiger partial charge in [-0.3, -0.25) is 14.5 Å². The van der Waals surface area contributed by atoms with E-state index >= 15 is 0 Å². The van der Waals surface area contributed by atoms with E-state index in [0.29, 0.717) is 5.75 Å². The van der Waals surface area contributed by atoms with Gasteiger partial charge in [0.2, 0.25) is 0 Å². The van der Waals surface area contributed by atoms with Gasteiger partial charge in [-0.05, 0) is 6.08 Å². The molecule has 0 bridgehead atoms. The number of halogens is 1. The standard InChI is InChI=1S/C13H12FN5O5S2/c14-4-24-18-7(5-3-26-13(15)16-5)9(20)17-8-10(21)19-6(12(22)23)1-2-25-11(8)19/h1,3,8,11H,2,4H2,(H2,15,16)(H,17,20)(H,22,23)/b18-7-/t8-,11-/m1/s1. The Kier molecular flexibility index (Phi) is 5.08. The highest BCUT2D eigenvalue weighted by Crippen LogP contribution is 2.37. The predicted octanol–water partition coefficient (Wildman–Crippen LogP) is -0.259. The Morgan fingerprint density at radius 3 is 2.96 bits per heavy atom. The number of nitrogens with one attached hydrogen (secondary N) is 1. The van der Waals surface area contributed by atoms with E-state index in [1.807, 2.05) is 0 Å². The second kappa shape index (κ2) is 7.29. The van der Waals surface area contributed by atoms with Crippen LogP contribution in [0, 0.1) is 0 Å². The van der Waals surface area contributed by atoms with Gasteiger partial charge in [0.15, 0.2) is 10.8 Å². The maximum absolute atomic E-state index is 12.5. The topological polar surface area (TPSA) is 147 Å². The lowest BCUT2D eigenvalue weighted by atomic mass is 10.0. The largest absolute Gasteiger partial charge is 0.477 e. The first-order valence-corrected chi connectivity index (χ1v) is 9.03. The molecule has 2 atom stereocenters. The Hall–Kier alpha value is -2.67. The monoisotopic (exact) mass is 401 g/mol. The predicted molar refractivity (Wildman–Crippen MR) is 90.9 cm³/mol. The molecule has 2 amide bonds. The highest BCUT2D eigenvalue weighted by atomic mass is 32.2. The molecule has 0 radical (unpaired) electrons. The molecule has 3 heterocycles. The molecule has 1 aromatic heterocycles. The summed E-state index contributed by atoms with van der Waals surface area (Å²) in [7, 11) is 0. The fraction of sp³-hybridized carbons (Fsp3) is 0.308. The molecule has 4 N–H and O–H groups in total. The summed E-state index contributed by atoms with van der Waals surface area (Å²) < 4.78 is 12.3. The minimum atomic E-state index is -1.25. The third-order valence-corrected chi connectivity index (χ3v) is 5.39. The van der Waals surface area contributed by atoms with Gasteiger partial charge in [0.05, 0.1) is 0 Å². The van der Waals surface area contributed by atoms with Crippen molar-refractivity contribution >= 4 is 51.7 Å². The summed E-state index contributed by atoms with van der Waals surface area (Å²) in [6, 6.07) is -0.942. The maximum atomic E-state index is 12.5. The molecule has 26 heavy (non-hydrogen) atoms. The van der Waals surface area contributed by atoms with Crippen molar-refractivity contribution in [3.05, 3.63) is 22.8 Å². The smallest absolute Gasteiger partial charge is 0.352 e. The Morgan fingerprint density at radius 2 is 2.35 bits per heavy atom. The SMILES string of the molecule is Nc1nc(/C(=N/OCF)C(=O)N[C@@H]2C(=O)N3C(C(=O)O)=CCS[C@H]23)cs1. The van der Waals surface area contributed by atoms with Gasteiger partial charge in [0.25, 0.3) is 18.7 Å². The Bertz CT molecular complexity index is 826. The normalized spacial score (nSPS) is 22.2.